The molecule has 6 nitrogen and oxygen atoms in total. The number of methoxy groups -OCH3 is 2. The average molecular weight is 363 g/mol. The Morgan fingerprint density at radius 1 is 1.23 bits per heavy atom. The Balaban J connectivity index is 1.70. The van der Waals surface area contributed by atoms with Crippen LogP contribution in [0.1, 0.15) is 31.7 Å². The molecule has 1 heterocycles. The van der Waals surface area contributed by atoms with Crippen LogP contribution in [0.3, 0.4) is 0 Å². The first-order chi connectivity index (χ1) is 12.7. The highest BCUT2D eigenvalue weighted by molar-refractivity contribution is 5.79. The zero-order valence-corrected chi connectivity index (χ0v) is 16.7. The smallest absolute Gasteiger partial charge is 0.191 e. The van der Waals surface area contributed by atoms with Crippen LogP contribution in [-0.2, 0) is 6.54 Å². The van der Waals surface area contributed by atoms with Gasteiger partial charge >= 0.3 is 0 Å². The van der Waals surface area contributed by atoms with Gasteiger partial charge in [-0.25, -0.2) is 0 Å². The molecule has 26 heavy (non-hydrogen) atoms. The largest absolute Gasteiger partial charge is 0.493 e. The number of nitrogens with zero attached hydrogens (tertiary/aromatic N) is 2. The molecule has 0 saturated carbocycles. The first-order valence-electron chi connectivity index (χ1n) is 9.54. The van der Waals surface area contributed by atoms with Crippen molar-refractivity contribution < 1.29 is 9.47 Å². The molecule has 1 fully saturated rings. The Labute approximate surface area is 158 Å². The zero-order chi connectivity index (χ0) is 18.8. The van der Waals surface area contributed by atoms with Gasteiger partial charge < -0.3 is 25.0 Å². The minimum absolute atomic E-state index is 0.684. The molecule has 1 saturated heterocycles. The van der Waals surface area contributed by atoms with Gasteiger partial charge in [0.2, 0.25) is 0 Å². The van der Waals surface area contributed by atoms with E-state index in [9.17, 15) is 0 Å². The van der Waals surface area contributed by atoms with Gasteiger partial charge in [-0.2, -0.15) is 0 Å². The third kappa shape index (κ3) is 6.41. The van der Waals surface area contributed by atoms with Crippen LogP contribution < -0.4 is 20.1 Å². The van der Waals surface area contributed by atoms with Crippen molar-refractivity contribution in [3.05, 3.63) is 23.8 Å². The predicted octanol–water partition coefficient (Wildman–Crippen LogP) is 2.49. The number of aliphatic imine (C=N–C) groups is 1. The molecule has 1 aliphatic heterocycles. The molecule has 0 radical (unpaired) electrons. The number of hydrogen-bond donors (Lipinski definition) is 2. The van der Waals surface area contributed by atoms with E-state index >= 15 is 0 Å². The van der Waals surface area contributed by atoms with E-state index in [0.29, 0.717) is 6.54 Å². The molecule has 6 heteroatoms. The first kappa shape index (κ1) is 20.4. The fourth-order valence-electron chi connectivity index (χ4n) is 3.40. The third-order valence-corrected chi connectivity index (χ3v) is 4.82. The summed E-state index contributed by atoms with van der Waals surface area (Å²) >= 11 is 0. The number of guanidine groups is 1. The van der Waals surface area contributed by atoms with Crippen LogP contribution in [0.5, 0.6) is 11.5 Å². The molecule has 0 aliphatic carbocycles. The van der Waals surface area contributed by atoms with Gasteiger partial charge in [0.05, 0.1) is 14.2 Å². The number of benzene rings is 1. The SMILES string of the molecule is CN=C(NCCCN1CCCC(C)C1)NCc1ccc(OC)c(OC)c1. The highest BCUT2D eigenvalue weighted by atomic mass is 16.5. The molecule has 2 rings (SSSR count). The van der Waals surface area contributed by atoms with Gasteiger partial charge in [-0.1, -0.05) is 13.0 Å². The van der Waals surface area contributed by atoms with Crippen molar-refractivity contribution >= 4 is 5.96 Å². The minimum atomic E-state index is 0.684. The molecule has 2 N–H and O–H groups in total. The van der Waals surface area contributed by atoms with E-state index in [2.05, 4.69) is 27.4 Å². The Kier molecular flexibility index (Phi) is 8.54. The van der Waals surface area contributed by atoms with Gasteiger partial charge in [0.25, 0.3) is 0 Å². The van der Waals surface area contributed by atoms with Crippen LogP contribution in [-0.4, -0.2) is 58.3 Å². The van der Waals surface area contributed by atoms with Gasteiger partial charge in [0.15, 0.2) is 17.5 Å². The van der Waals surface area contributed by atoms with Gasteiger partial charge in [-0.05, 0) is 56.0 Å². The second-order valence-electron chi connectivity index (χ2n) is 6.94. The number of nitrogens with one attached hydrogen (secondary N) is 2. The van der Waals surface area contributed by atoms with E-state index < -0.39 is 0 Å². The minimum Gasteiger partial charge on any atom is -0.493 e. The second kappa shape index (κ2) is 10.9. The maximum absolute atomic E-state index is 5.35. The lowest BCUT2D eigenvalue weighted by Gasteiger charge is -2.30. The van der Waals surface area contributed by atoms with Crippen LogP contribution in [0.4, 0.5) is 0 Å². The molecule has 1 aromatic carbocycles. The summed E-state index contributed by atoms with van der Waals surface area (Å²) in [6, 6.07) is 5.93. The van der Waals surface area contributed by atoms with Gasteiger partial charge in [-0.3, -0.25) is 4.99 Å². The lowest BCUT2D eigenvalue weighted by Crippen LogP contribution is -2.39. The fourth-order valence-corrected chi connectivity index (χ4v) is 3.40. The monoisotopic (exact) mass is 362 g/mol. The summed E-state index contributed by atoms with van der Waals surface area (Å²) in [7, 11) is 5.10. The Morgan fingerprint density at radius 2 is 2.04 bits per heavy atom. The average Bonchev–Trinajstić information content (AvgIpc) is 2.67. The molecule has 1 unspecified atom stereocenters. The van der Waals surface area contributed by atoms with E-state index in [1.54, 1.807) is 21.3 Å². The maximum Gasteiger partial charge on any atom is 0.191 e. The van der Waals surface area contributed by atoms with Crippen LogP contribution >= 0.6 is 0 Å². The second-order valence-corrected chi connectivity index (χ2v) is 6.94. The predicted molar refractivity (Wildman–Crippen MR) is 107 cm³/mol. The highest BCUT2D eigenvalue weighted by Crippen LogP contribution is 2.27. The van der Waals surface area contributed by atoms with E-state index in [1.165, 1.54) is 25.9 Å². The Morgan fingerprint density at radius 3 is 2.73 bits per heavy atom. The Hall–Kier alpha value is -1.95. The molecule has 0 spiro atoms. The standard InChI is InChI=1S/C20H34N4O2/c1-16-7-5-11-24(15-16)12-6-10-22-20(21-2)23-14-17-8-9-18(25-3)19(13-17)26-4/h8-9,13,16H,5-7,10-12,14-15H2,1-4H3,(H2,21,22,23). The molecule has 146 valence electrons. The molecule has 1 aromatic rings. The number of ether oxygens (including phenoxy) is 2. The normalized spacial score (nSPS) is 18.5. The molecule has 0 aromatic heterocycles. The van der Waals surface area contributed by atoms with Crippen LogP contribution in [0, 0.1) is 5.92 Å². The van der Waals surface area contributed by atoms with E-state index in [-0.39, 0.29) is 0 Å². The molecule has 0 bridgehead atoms. The summed E-state index contributed by atoms with van der Waals surface area (Å²) in [6.07, 6.45) is 3.84. The van der Waals surface area contributed by atoms with Crippen LogP contribution in [0.2, 0.25) is 0 Å². The topological polar surface area (TPSA) is 58.1 Å². The van der Waals surface area contributed by atoms with E-state index in [1.807, 2.05) is 18.2 Å². The summed E-state index contributed by atoms with van der Waals surface area (Å²) in [5.74, 6) is 3.15. The van der Waals surface area contributed by atoms with Gasteiger partial charge in [0, 0.05) is 26.7 Å². The van der Waals surface area contributed by atoms with Crippen molar-refractivity contribution in [2.45, 2.75) is 32.7 Å². The zero-order valence-electron chi connectivity index (χ0n) is 16.7. The van der Waals surface area contributed by atoms with E-state index in [0.717, 1.165) is 48.5 Å². The third-order valence-electron chi connectivity index (χ3n) is 4.82. The number of likely N-dealkylation sites (tertiary alicyclic amines) is 1. The van der Waals surface area contributed by atoms with Gasteiger partial charge in [-0.15, -0.1) is 0 Å². The van der Waals surface area contributed by atoms with Crippen LogP contribution in [0.25, 0.3) is 0 Å². The fraction of sp³-hybridized carbons (Fsp3) is 0.650. The van der Waals surface area contributed by atoms with Crippen molar-refractivity contribution in [3.8, 4) is 11.5 Å². The number of hydrogen-bond acceptors (Lipinski definition) is 4. The van der Waals surface area contributed by atoms with Crippen molar-refractivity contribution in [3.63, 3.8) is 0 Å². The molecule has 1 aliphatic rings. The van der Waals surface area contributed by atoms with Crippen molar-refractivity contribution in [2.24, 2.45) is 10.9 Å². The molecule has 1 atom stereocenters. The first-order valence-corrected chi connectivity index (χ1v) is 9.54. The lowest BCUT2D eigenvalue weighted by atomic mass is 10.0. The maximum atomic E-state index is 5.35. The number of rotatable bonds is 8. The molecular weight excluding hydrogens is 328 g/mol. The summed E-state index contributed by atoms with van der Waals surface area (Å²) < 4.78 is 10.6. The van der Waals surface area contributed by atoms with Gasteiger partial charge in [0.1, 0.15) is 0 Å². The molecular formula is C20H34N4O2. The summed E-state index contributed by atoms with van der Waals surface area (Å²) in [5.41, 5.74) is 1.12. The highest BCUT2D eigenvalue weighted by Gasteiger charge is 2.15. The van der Waals surface area contributed by atoms with Crippen molar-refractivity contribution in [1.29, 1.82) is 0 Å². The summed E-state index contributed by atoms with van der Waals surface area (Å²) in [4.78, 5) is 6.88. The summed E-state index contributed by atoms with van der Waals surface area (Å²) in [6.45, 7) is 7.61. The Bertz CT molecular complexity index is 577. The molecule has 0 amide bonds. The number of piperidine rings is 1. The van der Waals surface area contributed by atoms with E-state index in [4.69, 9.17) is 9.47 Å². The van der Waals surface area contributed by atoms with Crippen molar-refractivity contribution in [1.82, 2.24) is 15.5 Å². The van der Waals surface area contributed by atoms with Crippen molar-refractivity contribution in [2.75, 3.05) is 47.4 Å². The quantitative estimate of drug-likeness (QED) is 0.423. The summed E-state index contributed by atoms with van der Waals surface area (Å²) in [5, 5.41) is 6.75. The lowest BCUT2D eigenvalue weighted by molar-refractivity contribution is 0.182. The van der Waals surface area contributed by atoms with Crippen LogP contribution in [0.15, 0.2) is 23.2 Å².